The van der Waals surface area contributed by atoms with Crippen molar-refractivity contribution in [2.75, 3.05) is 23.4 Å². The summed E-state index contributed by atoms with van der Waals surface area (Å²) in [5.41, 5.74) is 1.60. The summed E-state index contributed by atoms with van der Waals surface area (Å²) < 4.78 is 34.2. The summed E-state index contributed by atoms with van der Waals surface area (Å²) in [5.74, 6) is -1.39. The smallest absolute Gasteiger partial charge is 0.246 e. The summed E-state index contributed by atoms with van der Waals surface area (Å²) in [6.07, 6.45) is 2.59. The van der Waals surface area contributed by atoms with E-state index in [-0.39, 0.29) is 23.9 Å². The third kappa shape index (κ3) is 5.07. The van der Waals surface area contributed by atoms with E-state index in [0.717, 1.165) is 18.2 Å². The Morgan fingerprint density at radius 2 is 1.49 bits per heavy atom. The van der Waals surface area contributed by atoms with Crippen LogP contribution in [0.25, 0.3) is 5.69 Å². The fourth-order valence-electron chi connectivity index (χ4n) is 5.52. The van der Waals surface area contributed by atoms with Gasteiger partial charge in [0.1, 0.15) is 18.0 Å². The fourth-order valence-corrected chi connectivity index (χ4v) is 5.52. The Morgan fingerprint density at radius 1 is 0.854 bits per heavy atom. The molecule has 2 aliphatic rings. The number of hydrogen-bond acceptors (Lipinski definition) is 6. The Balaban J connectivity index is 1.51. The molecule has 3 heterocycles. The molecule has 16 radical (unpaired) electrons. The van der Waals surface area contributed by atoms with Crippen LogP contribution < -0.4 is 10.2 Å². The highest BCUT2D eigenvalue weighted by atomic mass is 19.1. The zero-order valence-corrected chi connectivity index (χ0v) is 22.5. The summed E-state index contributed by atoms with van der Waals surface area (Å²) in [6, 6.07) is 7.60. The summed E-state index contributed by atoms with van der Waals surface area (Å²) in [6.45, 7) is 2.57. The Kier molecular flexibility index (Phi) is 7.55. The van der Waals surface area contributed by atoms with Gasteiger partial charge < -0.3 is 19.9 Å². The molecule has 3 aromatic rings. The molecule has 0 aliphatic carbocycles. The molecule has 1 aromatic heterocycles. The number of nitrogens with zero attached hydrogens (tertiary/aromatic N) is 5. The zero-order chi connectivity index (χ0) is 30.0. The lowest BCUT2D eigenvalue weighted by molar-refractivity contribution is -0.0276. The molecule has 7 nitrogen and oxygen atoms in total. The highest BCUT2D eigenvalue weighted by Crippen LogP contribution is 2.47. The number of ether oxygens (including phenoxy) is 1. The number of aryl methyl sites for hydroxylation is 1. The van der Waals surface area contributed by atoms with E-state index in [0.29, 0.717) is 30.7 Å². The number of rotatable bonds is 5. The molecule has 5 rings (SSSR count). The van der Waals surface area contributed by atoms with Crippen molar-refractivity contribution < 1.29 is 13.5 Å². The lowest BCUT2D eigenvalue weighted by Gasteiger charge is -2.77. The van der Waals surface area contributed by atoms with Crippen molar-refractivity contribution in [3.63, 3.8) is 0 Å². The third-order valence-corrected chi connectivity index (χ3v) is 7.50. The van der Waals surface area contributed by atoms with Crippen LogP contribution in [0.5, 0.6) is 0 Å². The molecule has 41 heavy (non-hydrogen) atoms. The van der Waals surface area contributed by atoms with Crippen LogP contribution >= 0.6 is 0 Å². The maximum Gasteiger partial charge on any atom is 0.246 e. The first-order valence-corrected chi connectivity index (χ1v) is 12.8. The summed E-state index contributed by atoms with van der Waals surface area (Å²) >= 11 is 0. The fraction of sp³-hybridized carbons (Fsp3) is 0.417. The van der Waals surface area contributed by atoms with Crippen LogP contribution in [-0.4, -0.2) is 123 Å². The average molecular weight is 533 g/mol. The molecule has 1 unspecified atom stereocenters. The monoisotopic (exact) mass is 534 g/mol. The van der Waals surface area contributed by atoms with Crippen molar-refractivity contribution in [1.82, 2.24) is 19.7 Å². The largest absolute Gasteiger partial charge is 0.394 e. The first kappa shape index (κ1) is 30.0. The summed E-state index contributed by atoms with van der Waals surface area (Å²) in [5, 5.41) is -1.02. The Morgan fingerprint density at radius 3 is 2.07 bits per heavy atom. The van der Waals surface area contributed by atoms with E-state index in [9.17, 15) is 8.78 Å². The van der Waals surface area contributed by atoms with Crippen molar-refractivity contribution in [3.8, 4) is 5.69 Å². The normalized spacial score (nSPS) is 23.2. The Hall–Kier alpha value is -2.52. The van der Waals surface area contributed by atoms with Crippen LogP contribution in [0.15, 0.2) is 42.7 Å². The minimum Gasteiger partial charge on any atom is -0.394 e. The van der Waals surface area contributed by atoms with Crippen LogP contribution in [0.3, 0.4) is 0 Å². The van der Waals surface area contributed by atoms with Gasteiger partial charge in [-0.3, -0.25) is 0 Å². The number of benzene rings is 2. The summed E-state index contributed by atoms with van der Waals surface area (Å²) in [7, 11) is 53.2. The lowest BCUT2D eigenvalue weighted by Crippen LogP contribution is -2.93. The number of halogens is 2. The maximum absolute atomic E-state index is 13.7. The van der Waals surface area contributed by atoms with Gasteiger partial charge in [-0.2, -0.15) is 4.98 Å². The number of aromatic nitrogens is 3. The topological polar surface area (TPSA) is 58.5 Å². The van der Waals surface area contributed by atoms with Gasteiger partial charge in [-0.15, -0.1) is 5.10 Å². The maximum atomic E-state index is 13.7. The molecule has 190 valence electrons. The van der Waals surface area contributed by atoms with Gasteiger partial charge in [-0.25, -0.2) is 13.5 Å². The summed E-state index contributed by atoms with van der Waals surface area (Å²) in [4.78, 5) is 6.71. The highest BCUT2D eigenvalue weighted by Gasteiger charge is 2.61. The SMILES string of the molecule is [B]C1([B])N(c2cc(C)cc(Nc3ncn(-c4cc(F)cc(F)c4)n3)c2)C([B])([B])C([B])([B])N(C2CCCOC2)C1([B])[B]. The molecule has 1 atom stereocenters. The molecular formula is C24H20B8F2N6O. The zero-order valence-electron chi connectivity index (χ0n) is 22.5. The van der Waals surface area contributed by atoms with Gasteiger partial charge in [0.15, 0.2) is 0 Å². The van der Waals surface area contributed by atoms with E-state index >= 15 is 0 Å². The molecule has 1 N–H and O–H groups in total. The third-order valence-electron chi connectivity index (χ3n) is 7.50. The van der Waals surface area contributed by atoms with E-state index < -0.39 is 39.0 Å². The minimum atomic E-state index is -2.11. The molecule has 0 amide bonds. The molecule has 0 saturated carbocycles. The van der Waals surface area contributed by atoms with E-state index in [2.05, 4.69) is 15.4 Å². The van der Waals surface area contributed by atoms with Gasteiger partial charge in [-0.1, -0.05) is 0 Å². The molecule has 17 heteroatoms. The van der Waals surface area contributed by atoms with Crippen LogP contribution in [-0.2, 0) is 4.74 Å². The van der Waals surface area contributed by atoms with E-state index in [1.807, 2.05) is 0 Å². The first-order chi connectivity index (χ1) is 19.1. The second-order valence-electron chi connectivity index (χ2n) is 10.7. The van der Waals surface area contributed by atoms with Crippen molar-refractivity contribution in [2.45, 2.75) is 47.2 Å². The van der Waals surface area contributed by atoms with Gasteiger partial charge in [0.05, 0.1) is 75.1 Å². The molecule has 2 fully saturated rings. The molecule has 0 bridgehead atoms. The molecule has 2 aromatic carbocycles. The van der Waals surface area contributed by atoms with Crippen LogP contribution in [0.4, 0.5) is 26.1 Å². The number of anilines is 3. The number of piperazine rings is 1. The van der Waals surface area contributed by atoms with E-state index in [4.69, 9.17) is 67.5 Å². The van der Waals surface area contributed by atoms with Gasteiger partial charge in [0, 0.05) is 30.1 Å². The van der Waals surface area contributed by atoms with Crippen molar-refractivity contribution in [1.29, 1.82) is 0 Å². The number of nitrogens with one attached hydrogen (secondary N) is 1. The van der Waals surface area contributed by atoms with Crippen molar-refractivity contribution in [2.24, 2.45) is 0 Å². The van der Waals surface area contributed by atoms with Crippen LogP contribution in [0, 0.1) is 18.6 Å². The van der Waals surface area contributed by atoms with Crippen LogP contribution in [0.1, 0.15) is 18.4 Å². The highest BCUT2D eigenvalue weighted by molar-refractivity contribution is 6.62. The molecule has 0 spiro atoms. The predicted molar refractivity (Wildman–Crippen MR) is 161 cm³/mol. The van der Waals surface area contributed by atoms with Gasteiger partial charge in [-0.05, 0) is 77.0 Å². The quantitative estimate of drug-likeness (QED) is 0.462. The van der Waals surface area contributed by atoms with Crippen molar-refractivity contribution in [3.05, 3.63) is 59.9 Å². The van der Waals surface area contributed by atoms with Gasteiger partial charge in [0.2, 0.25) is 5.95 Å². The minimum absolute atomic E-state index is 0.117. The second kappa shape index (κ2) is 10.3. The van der Waals surface area contributed by atoms with Gasteiger partial charge in [0.25, 0.3) is 0 Å². The van der Waals surface area contributed by atoms with Crippen molar-refractivity contribution >= 4 is 80.1 Å². The Bertz CT molecular complexity index is 1400. The number of hydrogen-bond donors (Lipinski definition) is 1. The standard InChI is InChI=1S/C24H20B8F2N6O/c1-13-5-16(36-20-35-12-38(37-20)18-8-14(33)7-15(34)9-18)10-19(6-13)40-23(29,30)21(25,26)39(17-3-2-4-41-11-17)22(27,28)24(40,31)32/h5-10,12,17H,2-4,11H2,1H3,(H,36,37). The average Bonchev–Trinajstić information content (AvgIpc) is 3.31. The lowest BCUT2D eigenvalue weighted by atomic mass is 9.26. The second-order valence-corrected chi connectivity index (χ2v) is 10.7. The Labute approximate surface area is 249 Å². The first-order valence-electron chi connectivity index (χ1n) is 12.8. The molecular weight excluding hydrogens is 513 g/mol. The van der Waals surface area contributed by atoms with E-state index in [1.54, 1.807) is 25.1 Å². The van der Waals surface area contributed by atoms with Crippen LogP contribution in [0.2, 0.25) is 0 Å². The predicted octanol–water partition coefficient (Wildman–Crippen LogP) is -0.138. The van der Waals surface area contributed by atoms with E-state index in [1.165, 1.54) is 20.8 Å². The molecule has 2 aliphatic heterocycles. The van der Waals surface area contributed by atoms with Gasteiger partial charge >= 0.3 is 0 Å². The molecule has 2 saturated heterocycles.